The van der Waals surface area contributed by atoms with E-state index in [1.807, 2.05) is 43.3 Å². The molecule has 2 aromatic heterocycles. The summed E-state index contributed by atoms with van der Waals surface area (Å²) < 4.78 is 12.0. The van der Waals surface area contributed by atoms with Gasteiger partial charge in [-0.1, -0.05) is 6.07 Å². The number of benzene rings is 1. The molecule has 0 saturated carbocycles. The third-order valence-electron chi connectivity index (χ3n) is 4.61. The third kappa shape index (κ3) is 3.53. The lowest BCUT2D eigenvalue weighted by molar-refractivity contribution is -0.0919. The highest BCUT2D eigenvalue weighted by Crippen LogP contribution is 2.34. The highest BCUT2D eigenvalue weighted by molar-refractivity contribution is 7.19. The number of nitrogens with zero attached hydrogens (tertiary/aromatic N) is 1. The zero-order valence-electron chi connectivity index (χ0n) is 14.9. The molecule has 2 N–H and O–H groups in total. The van der Waals surface area contributed by atoms with Gasteiger partial charge in [0.2, 0.25) is 0 Å². The first kappa shape index (κ1) is 17.9. The van der Waals surface area contributed by atoms with Gasteiger partial charge in [-0.3, -0.25) is 9.78 Å². The number of rotatable bonds is 6. The molecule has 0 aliphatic carbocycles. The first-order chi connectivity index (χ1) is 13.1. The molecule has 1 aliphatic rings. The van der Waals surface area contributed by atoms with E-state index in [0.29, 0.717) is 31.1 Å². The molecule has 1 saturated heterocycles. The molecule has 4 rings (SSSR count). The van der Waals surface area contributed by atoms with Crippen molar-refractivity contribution in [3.63, 3.8) is 0 Å². The van der Waals surface area contributed by atoms with Crippen molar-refractivity contribution in [1.29, 1.82) is 0 Å². The summed E-state index contributed by atoms with van der Waals surface area (Å²) in [7, 11) is 0. The van der Waals surface area contributed by atoms with Gasteiger partial charge in [0.25, 0.3) is 5.91 Å². The second-order valence-corrected chi connectivity index (χ2v) is 7.94. The van der Waals surface area contributed by atoms with Gasteiger partial charge in [0.1, 0.15) is 17.9 Å². The molecule has 0 unspecified atom stereocenters. The second-order valence-electron chi connectivity index (χ2n) is 6.69. The number of hydrogen-bond acceptors (Lipinski definition) is 6. The lowest BCUT2D eigenvalue weighted by atomic mass is 9.97. The predicted molar refractivity (Wildman–Crippen MR) is 103 cm³/mol. The molecule has 1 fully saturated rings. The van der Waals surface area contributed by atoms with Crippen molar-refractivity contribution in [3.05, 3.63) is 58.7 Å². The molecule has 3 heterocycles. The van der Waals surface area contributed by atoms with E-state index in [9.17, 15) is 9.90 Å². The summed E-state index contributed by atoms with van der Waals surface area (Å²) in [6, 6.07) is 11.4. The van der Waals surface area contributed by atoms with Crippen LogP contribution in [-0.4, -0.2) is 41.4 Å². The van der Waals surface area contributed by atoms with E-state index in [2.05, 4.69) is 10.3 Å². The smallest absolute Gasteiger partial charge is 0.253 e. The number of fused-ring (bicyclic) bond motifs is 1. The Hall–Kier alpha value is -2.48. The minimum Gasteiger partial charge on any atom is -0.487 e. The summed E-state index contributed by atoms with van der Waals surface area (Å²) in [4.78, 5) is 18.1. The Morgan fingerprint density at radius 3 is 2.89 bits per heavy atom. The topological polar surface area (TPSA) is 80.7 Å². The molecule has 3 aromatic rings. The first-order valence-corrected chi connectivity index (χ1v) is 9.49. The molecule has 0 bridgehead atoms. The summed E-state index contributed by atoms with van der Waals surface area (Å²) >= 11 is 1.57. The van der Waals surface area contributed by atoms with Crippen LogP contribution in [0.4, 0.5) is 0 Å². The van der Waals surface area contributed by atoms with E-state index in [1.54, 1.807) is 17.5 Å². The van der Waals surface area contributed by atoms with Crippen molar-refractivity contribution in [2.45, 2.75) is 19.1 Å². The van der Waals surface area contributed by atoms with Crippen molar-refractivity contribution in [3.8, 4) is 5.75 Å². The van der Waals surface area contributed by atoms with Gasteiger partial charge in [0.05, 0.1) is 31.1 Å². The molecular weight excluding hydrogens is 364 g/mol. The number of amides is 1. The molecule has 0 atom stereocenters. The number of hydrogen-bond donors (Lipinski definition) is 2. The molecule has 27 heavy (non-hydrogen) atoms. The maximum Gasteiger partial charge on any atom is 0.253 e. The Kier molecular flexibility index (Phi) is 4.82. The second kappa shape index (κ2) is 7.26. The number of aryl methyl sites for hydroxylation is 1. The highest BCUT2D eigenvalue weighted by Gasteiger charge is 2.40. The number of pyridine rings is 1. The fourth-order valence-corrected chi connectivity index (χ4v) is 4.11. The van der Waals surface area contributed by atoms with Gasteiger partial charge in [-0.25, -0.2) is 0 Å². The largest absolute Gasteiger partial charge is 0.487 e. The highest BCUT2D eigenvalue weighted by atomic mass is 32.1. The number of aliphatic hydroxyl groups excluding tert-OH is 1. The van der Waals surface area contributed by atoms with Crippen LogP contribution in [0, 0.1) is 6.92 Å². The van der Waals surface area contributed by atoms with E-state index >= 15 is 0 Å². The molecular formula is C20H20N2O4S. The van der Waals surface area contributed by atoms with Gasteiger partial charge < -0.3 is 19.9 Å². The van der Waals surface area contributed by atoms with Gasteiger partial charge in [-0.2, -0.15) is 0 Å². The number of nitrogens with one attached hydrogen (secondary N) is 1. The van der Waals surface area contributed by atoms with E-state index in [4.69, 9.17) is 9.47 Å². The Bertz CT molecular complexity index is 961. The number of thiophene rings is 1. The predicted octanol–water partition coefficient (Wildman–Crippen LogP) is 2.67. The molecule has 1 amide bonds. The van der Waals surface area contributed by atoms with E-state index in [1.165, 1.54) is 0 Å². The number of aliphatic hydroxyl groups is 1. The molecule has 140 valence electrons. The van der Waals surface area contributed by atoms with E-state index in [0.717, 1.165) is 20.7 Å². The number of aromatic nitrogens is 1. The third-order valence-corrected chi connectivity index (χ3v) is 5.70. The molecule has 1 aromatic carbocycles. The quantitative estimate of drug-likeness (QED) is 0.683. The monoisotopic (exact) mass is 384 g/mol. The van der Waals surface area contributed by atoms with Crippen molar-refractivity contribution in [2.24, 2.45) is 0 Å². The molecule has 6 nitrogen and oxygen atoms in total. The van der Waals surface area contributed by atoms with Crippen LogP contribution in [0.1, 0.15) is 20.9 Å². The minimum atomic E-state index is -0.676. The molecule has 7 heteroatoms. The standard InChI is InChI=1S/C20H20N2O4S/c1-13-18(19(24)22-20(10-23)11-25-12-20)16-8-15(5-6-17(16)27-13)26-9-14-4-2-3-7-21-14/h2-8,23H,9-12H2,1H3,(H,22,24). The van der Waals surface area contributed by atoms with Gasteiger partial charge in [-0.15, -0.1) is 11.3 Å². The van der Waals surface area contributed by atoms with Crippen molar-refractivity contribution in [1.82, 2.24) is 10.3 Å². The summed E-state index contributed by atoms with van der Waals surface area (Å²) in [5.74, 6) is 0.488. The van der Waals surface area contributed by atoms with Crippen LogP contribution in [-0.2, 0) is 11.3 Å². The first-order valence-electron chi connectivity index (χ1n) is 8.67. The lowest BCUT2D eigenvalue weighted by Crippen LogP contribution is -2.64. The van der Waals surface area contributed by atoms with Crippen molar-refractivity contribution >= 4 is 27.3 Å². The number of carbonyl (C=O) groups excluding carboxylic acids is 1. The maximum absolute atomic E-state index is 12.9. The van der Waals surface area contributed by atoms with Crippen LogP contribution >= 0.6 is 11.3 Å². The van der Waals surface area contributed by atoms with Gasteiger partial charge >= 0.3 is 0 Å². The lowest BCUT2D eigenvalue weighted by Gasteiger charge is -2.40. The van der Waals surface area contributed by atoms with Crippen LogP contribution < -0.4 is 10.1 Å². The van der Waals surface area contributed by atoms with Crippen molar-refractivity contribution < 1.29 is 19.4 Å². The summed E-state index contributed by atoms with van der Waals surface area (Å²) in [5.41, 5.74) is 0.787. The van der Waals surface area contributed by atoms with Crippen LogP contribution in [0.2, 0.25) is 0 Å². The van der Waals surface area contributed by atoms with Gasteiger partial charge in [0, 0.05) is 21.2 Å². The Morgan fingerprint density at radius 1 is 1.37 bits per heavy atom. The van der Waals surface area contributed by atoms with Crippen LogP contribution in [0.15, 0.2) is 42.6 Å². The van der Waals surface area contributed by atoms with E-state index < -0.39 is 5.54 Å². The van der Waals surface area contributed by atoms with Gasteiger partial charge in [0.15, 0.2) is 0 Å². The summed E-state index contributed by atoms with van der Waals surface area (Å²) in [6.07, 6.45) is 1.73. The zero-order chi connectivity index (χ0) is 18.9. The Balaban J connectivity index is 1.59. The Morgan fingerprint density at radius 2 is 2.22 bits per heavy atom. The van der Waals surface area contributed by atoms with Crippen LogP contribution in [0.25, 0.3) is 10.1 Å². The maximum atomic E-state index is 12.9. The normalized spacial score (nSPS) is 15.3. The van der Waals surface area contributed by atoms with Crippen LogP contribution in [0.5, 0.6) is 5.75 Å². The number of carbonyl (C=O) groups is 1. The van der Waals surface area contributed by atoms with Gasteiger partial charge in [-0.05, 0) is 37.3 Å². The molecule has 0 spiro atoms. The minimum absolute atomic E-state index is 0.141. The molecule has 0 radical (unpaired) electrons. The average molecular weight is 384 g/mol. The fourth-order valence-electron chi connectivity index (χ4n) is 3.07. The number of ether oxygens (including phenoxy) is 2. The van der Waals surface area contributed by atoms with Crippen molar-refractivity contribution in [2.75, 3.05) is 19.8 Å². The SMILES string of the molecule is Cc1sc2ccc(OCc3ccccn3)cc2c1C(=O)NC1(CO)COC1. The zero-order valence-corrected chi connectivity index (χ0v) is 15.7. The van der Waals surface area contributed by atoms with E-state index in [-0.39, 0.29) is 12.5 Å². The summed E-state index contributed by atoms with van der Waals surface area (Å²) in [5, 5.41) is 13.4. The fraction of sp³-hybridized carbons (Fsp3) is 0.300. The van der Waals surface area contributed by atoms with Crippen LogP contribution in [0.3, 0.4) is 0 Å². The Labute approximate surface area is 160 Å². The molecule has 1 aliphatic heterocycles. The summed E-state index contributed by atoms with van der Waals surface area (Å²) in [6.45, 7) is 2.81. The average Bonchev–Trinajstić information content (AvgIpc) is 2.99.